The molecule has 2 aromatic heterocycles. The highest BCUT2D eigenvalue weighted by molar-refractivity contribution is 6.06. The Balaban J connectivity index is 1.02. The van der Waals surface area contributed by atoms with Gasteiger partial charge in [-0.15, -0.1) is 13.2 Å². The number of rotatable bonds is 9. The highest BCUT2D eigenvalue weighted by atomic mass is 19.4. The number of aromatic amines is 1. The fourth-order valence-corrected chi connectivity index (χ4v) is 9.42. The second-order valence-electron chi connectivity index (χ2n) is 18.7. The number of imidazole rings is 1. The molecule has 8 rings (SSSR count). The topological polar surface area (TPSA) is 171 Å². The number of H-pyrrole nitrogens is 1. The number of halogens is 4. The summed E-state index contributed by atoms with van der Waals surface area (Å²) in [5.41, 5.74) is 0.202. The summed E-state index contributed by atoms with van der Waals surface area (Å²) in [6.45, 7) is 12.5. The Morgan fingerprint density at radius 3 is 2.39 bits per heavy atom. The minimum absolute atomic E-state index is 0.0404. The monoisotopic (exact) mass is 930 g/mol. The number of alkyl halides is 3. The molecule has 5 aromatic rings. The van der Waals surface area contributed by atoms with Crippen LogP contribution in [0.1, 0.15) is 76.1 Å². The summed E-state index contributed by atoms with van der Waals surface area (Å²) >= 11 is 0. The predicted molar refractivity (Wildman–Crippen MR) is 242 cm³/mol. The Hall–Kier alpha value is -6.50. The molecule has 3 aliphatic rings. The van der Waals surface area contributed by atoms with E-state index < -0.39 is 53.1 Å². The smallest absolute Gasteiger partial charge is 0.453 e. The zero-order chi connectivity index (χ0) is 47.9. The van der Waals surface area contributed by atoms with Gasteiger partial charge in [0.25, 0.3) is 5.91 Å². The molecule has 0 spiro atoms. The van der Waals surface area contributed by atoms with E-state index in [1.54, 1.807) is 35.2 Å². The number of carbonyl (C=O) groups is 4. The van der Waals surface area contributed by atoms with Crippen LogP contribution in [0.4, 0.5) is 33.9 Å². The number of pyridine rings is 1. The van der Waals surface area contributed by atoms with Crippen LogP contribution in [0.15, 0.2) is 60.8 Å². The summed E-state index contributed by atoms with van der Waals surface area (Å²) in [6.07, 6.45) is -2.75. The van der Waals surface area contributed by atoms with E-state index in [2.05, 4.69) is 25.3 Å². The second-order valence-corrected chi connectivity index (χ2v) is 18.7. The fourth-order valence-electron chi connectivity index (χ4n) is 9.42. The Morgan fingerprint density at radius 2 is 1.72 bits per heavy atom. The van der Waals surface area contributed by atoms with Gasteiger partial charge in [-0.1, -0.05) is 45.9 Å². The van der Waals surface area contributed by atoms with E-state index >= 15 is 4.39 Å². The molecule has 3 saturated heterocycles. The predicted octanol–water partition coefficient (Wildman–Crippen LogP) is 8.21. The van der Waals surface area contributed by atoms with Crippen LogP contribution >= 0.6 is 0 Å². The van der Waals surface area contributed by atoms with Crippen molar-refractivity contribution < 1.29 is 51.0 Å². The molecule has 3 aliphatic heterocycles. The minimum atomic E-state index is -5.15. The molecule has 0 unspecified atom stereocenters. The first kappa shape index (κ1) is 47.0. The van der Waals surface area contributed by atoms with Crippen LogP contribution in [0.5, 0.6) is 5.75 Å². The molecule has 0 radical (unpaired) electrons. The van der Waals surface area contributed by atoms with Crippen molar-refractivity contribution in [3.05, 3.63) is 78.0 Å². The van der Waals surface area contributed by atoms with Crippen molar-refractivity contribution in [2.45, 2.75) is 78.4 Å². The first-order chi connectivity index (χ1) is 31.8. The van der Waals surface area contributed by atoms with Crippen LogP contribution in [0.25, 0.3) is 32.9 Å². The zero-order valence-corrected chi connectivity index (χ0v) is 38.1. The highest BCUT2D eigenvalue weighted by Gasteiger charge is 2.42. The van der Waals surface area contributed by atoms with Gasteiger partial charge >= 0.3 is 12.5 Å². The first-order valence-electron chi connectivity index (χ1n) is 22.4. The van der Waals surface area contributed by atoms with Gasteiger partial charge in [0.15, 0.2) is 0 Å². The Labute approximate surface area is 384 Å². The summed E-state index contributed by atoms with van der Waals surface area (Å²) < 4.78 is 72.4. The number of piperazine rings is 1. The van der Waals surface area contributed by atoms with Crippen molar-refractivity contribution >= 4 is 57.1 Å². The summed E-state index contributed by atoms with van der Waals surface area (Å²) in [7, 11) is 1.25. The molecule has 3 fully saturated rings. The number of fused-ring (bicyclic) bond motifs is 3. The summed E-state index contributed by atoms with van der Waals surface area (Å²) in [5.74, 6) is -1.64. The Morgan fingerprint density at radius 1 is 0.955 bits per heavy atom. The maximum Gasteiger partial charge on any atom is 0.573 e. The average molecular weight is 931 g/mol. The molecule has 0 saturated carbocycles. The van der Waals surface area contributed by atoms with Gasteiger partial charge in [0.2, 0.25) is 11.8 Å². The SMILES string of the molecule is COC(=O)N[C@H](C(=O)N1C[C@@H](C)C[C@H]1c1nc2c(ccc3cc(-c4cc(F)c(NC(=O)c5ccc(N6CCN(C(=O)C(C)(C)C)C[C@H]6C)nc5)cc4OC(F)(F)F)ccc32)[nH]1)C1CCOCC1. The van der Waals surface area contributed by atoms with Crippen LogP contribution in [0, 0.1) is 23.1 Å². The molecule has 3 aromatic carbocycles. The molecule has 4 amide bonds. The number of ether oxygens (including phenoxy) is 3. The van der Waals surface area contributed by atoms with E-state index in [1.807, 2.05) is 44.4 Å². The highest BCUT2D eigenvalue weighted by Crippen LogP contribution is 2.41. The maximum absolute atomic E-state index is 15.9. The zero-order valence-electron chi connectivity index (χ0n) is 38.1. The third kappa shape index (κ3) is 10.1. The Bertz CT molecular complexity index is 2680. The molecule has 15 nitrogen and oxygen atoms in total. The van der Waals surface area contributed by atoms with Crippen molar-refractivity contribution in [1.82, 2.24) is 30.1 Å². The number of aromatic nitrogens is 3. The van der Waals surface area contributed by atoms with Gasteiger partial charge in [0.1, 0.15) is 29.3 Å². The van der Waals surface area contributed by atoms with Crippen molar-refractivity contribution in [2.75, 3.05) is 56.7 Å². The van der Waals surface area contributed by atoms with E-state index in [9.17, 15) is 32.3 Å². The van der Waals surface area contributed by atoms with Crippen LogP contribution in [-0.2, 0) is 19.1 Å². The third-order valence-electron chi connectivity index (χ3n) is 12.8. The van der Waals surface area contributed by atoms with Gasteiger partial charge in [-0.3, -0.25) is 14.4 Å². The maximum atomic E-state index is 15.9. The average Bonchev–Trinajstić information content (AvgIpc) is 3.92. The Kier molecular flexibility index (Phi) is 13.1. The molecular weight excluding hydrogens is 877 g/mol. The number of hydrogen-bond acceptors (Lipinski definition) is 10. The second kappa shape index (κ2) is 18.6. The van der Waals surface area contributed by atoms with Gasteiger partial charge < -0.3 is 44.5 Å². The van der Waals surface area contributed by atoms with Gasteiger partial charge in [-0.2, -0.15) is 0 Å². The lowest BCUT2D eigenvalue weighted by Gasteiger charge is -2.42. The van der Waals surface area contributed by atoms with Crippen molar-refractivity contribution in [3.8, 4) is 16.9 Å². The van der Waals surface area contributed by atoms with Crippen molar-refractivity contribution in [2.24, 2.45) is 17.3 Å². The van der Waals surface area contributed by atoms with Crippen LogP contribution in [-0.4, -0.2) is 114 Å². The lowest BCUT2D eigenvalue weighted by molar-refractivity contribution is -0.274. The third-order valence-corrected chi connectivity index (χ3v) is 12.8. The summed E-state index contributed by atoms with van der Waals surface area (Å²) in [4.78, 5) is 71.2. The van der Waals surface area contributed by atoms with Crippen LogP contribution in [0.2, 0.25) is 0 Å². The number of anilines is 2. The molecule has 0 bridgehead atoms. The van der Waals surface area contributed by atoms with E-state index in [4.69, 9.17) is 14.5 Å². The number of nitrogens with one attached hydrogen (secondary N) is 3. The van der Waals surface area contributed by atoms with Crippen molar-refractivity contribution in [3.63, 3.8) is 0 Å². The van der Waals surface area contributed by atoms with E-state index in [0.29, 0.717) is 92.1 Å². The molecule has 4 atom stereocenters. The summed E-state index contributed by atoms with van der Waals surface area (Å²) in [5, 5.41) is 6.36. The van der Waals surface area contributed by atoms with Crippen molar-refractivity contribution in [1.29, 1.82) is 0 Å². The number of likely N-dealkylation sites (tertiary alicyclic amines) is 1. The number of methoxy groups -OCH3 is 1. The normalized spacial score (nSPS) is 20.0. The molecule has 356 valence electrons. The molecule has 67 heavy (non-hydrogen) atoms. The van der Waals surface area contributed by atoms with Crippen LogP contribution in [0.3, 0.4) is 0 Å². The molecule has 0 aliphatic carbocycles. The number of hydrogen-bond donors (Lipinski definition) is 3. The number of amides is 4. The molecular formula is C48H54F4N8O7. The lowest BCUT2D eigenvalue weighted by Crippen LogP contribution is -2.56. The number of alkyl carbamates (subject to hydrolysis) is 1. The van der Waals surface area contributed by atoms with Gasteiger partial charge in [-0.05, 0) is 79.3 Å². The van der Waals surface area contributed by atoms with E-state index in [-0.39, 0.29) is 46.4 Å². The van der Waals surface area contributed by atoms with Gasteiger partial charge in [0.05, 0.1) is 35.4 Å². The van der Waals surface area contributed by atoms with Gasteiger partial charge in [-0.25, -0.2) is 19.2 Å². The quantitative estimate of drug-likeness (QED) is 0.122. The largest absolute Gasteiger partial charge is 0.573 e. The lowest BCUT2D eigenvalue weighted by atomic mass is 9.90. The van der Waals surface area contributed by atoms with Crippen LogP contribution < -0.4 is 20.3 Å². The van der Waals surface area contributed by atoms with Gasteiger partial charge in [0, 0.05) is 74.1 Å². The molecule has 5 heterocycles. The van der Waals surface area contributed by atoms with E-state index in [0.717, 1.165) is 12.1 Å². The fraction of sp³-hybridized carbons (Fsp3) is 0.458. The van der Waals surface area contributed by atoms with E-state index in [1.165, 1.54) is 25.4 Å². The number of carbonyl (C=O) groups excluding carboxylic acids is 4. The number of nitrogens with zero attached hydrogens (tertiary/aromatic N) is 5. The molecule has 19 heteroatoms. The summed E-state index contributed by atoms with van der Waals surface area (Å²) in [6, 6.07) is 11.8. The number of benzene rings is 3. The first-order valence-corrected chi connectivity index (χ1v) is 22.4. The molecule has 3 N–H and O–H groups in total. The standard InChI is InChI=1S/C48H54F4N8O7/c1-26-19-37(60(24-26)44(62)40(57-46(64)65-6)28-13-17-66-18-14-28)42-54-35-11-8-29-20-30(7-10-32(29)41(35)56-42)33-21-34(49)36(22-38(33)67-48(50,51)52)55-43(61)31-9-12-39(53-23-31)59-16-15-58(25-27(59)2)45(63)47(3,4)5/h7-12,20-23,26-28,37,40H,13-19,24-25H2,1-6H3,(H,54,56)(H,55,61)(H,57,64)/t26-,27+,37-,40-/m0/s1. The minimum Gasteiger partial charge on any atom is -0.453 e.